The van der Waals surface area contributed by atoms with Crippen molar-refractivity contribution in [3.8, 4) is 0 Å². The minimum Gasteiger partial charge on any atom is -0.375 e. The summed E-state index contributed by atoms with van der Waals surface area (Å²) < 4.78 is 0.673. The predicted octanol–water partition coefficient (Wildman–Crippen LogP) is 4.32. The molecule has 0 radical (unpaired) electrons. The molecular weight excluding hydrogens is 325 g/mol. The second kappa shape index (κ2) is 6.36. The van der Waals surface area contributed by atoms with Gasteiger partial charge in [-0.15, -0.1) is 0 Å². The normalized spacial score (nSPS) is 16.0. The maximum Gasteiger partial charge on any atom is 0.182 e. The summed E-state index contributed by atoms with van der Waals surface area (Å²) in [5.41, 5.74) is 8.98. The summed E-state index contributed by atoms with van der Waals surface area (Å²) in [5, 5.41) is 1.29. The second-order valence-electron chi connectivity index (χ2n) is 5.03. The van der Waals surface area contributed by atoms with Crippen LogP contribution in [0.2, 0.25) is 9.36 Å². The molecule has 0 unspecified atom stereocenters. The molecule has 2 N–H and O–H groups in total. The summed E-state index contributed by atoms with van der Waals surface area (Å²) in [4.78, 5) is 6.72. The van der Waals surface area contributed by atoms with Gasteiger partial charge >= 0.3 is 0 Å². The zero-order chi connectivity index (χ0) is 14.8. The molecule has 0 spiro atoms. The van der Waals surface area contributed by atoms with Crippen molar-refractivity contribution in [3.63, 3.8) is 0 Å². The van der Waals surface area contributed by atoms with Crippen LogP contribution in [0.25, 0.3) is 5.57 Å². The fourth-order valence-electron chi connectivity index (χ4n) is 2.48. The van der Waals surface area contributed by atoms with Crippen molar-refractivity contribution >= 4 is 45.2 Å². The Morgan fingerprint density at radius 1 is 1.24 bits per heavy atom. The lowest BCUT2D eigenvalue weighted by molar-refractivity contribution is 0.296. The number of thiazole rings is 1. The Hall–Kier alpha value is -1.07. The number of hydrogen-bond donors (Lipinski definition) is 1. The minimum absolute atomic E-state index is 0.519. The number of anilines is 1. The smallest absolute Gasteiger partial charge is 0.182 e. The second-order valence-corrected chi connectivity index (χ2v) is 7.10. The lowest BCUT2D eigenvalue weighted by Crippen LogP contribution is -2.29. The third kappa shape index (κ3) is 3.58. The van der Waals surface area contributed by atoms with E-state index >= 15 is 0 Å². The van der Waals surface area contributed by atoms with Crippen LogP contribution in [0.4, 0.5) is 5.13 Å². The lowest BCUT2D eigenvalue weighted by Gasteiger charge is -2.26. The third-order valence-electron chi connectivity index (χ3n) is 3.46. The van der Waals surface area contributed by atoms with Crippen LogP contribution in [-0.2, 0) is 6.54 Å². The standard InChI is InChI=1S/C15H15Cl2N3S/c16-12-5-3-10(4-6-12)8-20-7-1-2-11(9-20)13-14(17)21-15(18)19-13/h2-6H,1,7-9H2,(H2,18,19). The van der Waals surface area contributed by atoms with E-state index in [0.29, 0.717) is 9.47 Å². The fraction of sp³-hybridized carbons (Fsp3) is 0.267. The molecule has 1 aromatic heterocycles. The first-order valence-corrected chi connectivity index (χ1v) is 8.27. The molecular formula is C15H15Cl2N3S. The maximum atomic E-state index is 6.21. The van der Waals surface area contributed by atoms with Crippen LogP contribution in [0.3, 0.4) is 0 Å². The van der Waals surface area contributed by atoms with Crippen molar-refractivity contribution in [2.75, 3.05) is 18.8 Å². The largest absolute Gasteiger partial charge is 0.375 e. The van der Waals surface area contributed by atoms with E-state index in [1.165, 1.54) is 16.9 Å². The third-order valence-corrected chi connectivity index (χ3v) is 4.79. The molecule has 3 nitrogen and oxygen atoms in total. The highest BCUT2D eigenvalue weighted by molar-refractivity contribution is 7.19. The van der Waals surface area contributed by atoms with Crippen LogP contribution in [0.15, 0.2) is 30.3 Å². The summed E-state index contributed by atoms with van der Waals surface area (Å²) >= 11 is 13.5. The SMILES string of the molecule is Nc1nc(C2=CCCN(Cc3ccc(Cl)cc3)C2)c(Cl)s1. The number of rotatable bonds is 3. The molecule has 1 aliphatic heterocycles. The van der Waals surface area contributed by atoms with E-state index in [1.54, 1.807) is 0 Å². The van der Waals surface area contributed by atoms with Crippen LogP contribution in [0.1, 0.15) is 17.7 Å². The van der Waals surface area contributed by atoms with E-state index in [9.17, 15) is 0 Å². The van der Waals surface area contributed by atoms with Gasteiger partial charge in [-0.1, -0.05) is 52.7 Å². The zero-order valence-corrected chi connectivity index (χ0v) is 13.7. The number of hydrogen-bond acceptors (Lipinski definition) is 4. The molecule has 2 heterocycles. The van der Waals surface area contributed by atoms with Crippen LogP contribution >= 0.6 is 34.5 Å². The number of aromatic nitrogens is 1. The van der Waals surface area contributed by atoms with Gasteiger partial charge in [0.15, 0.2) is 5.13 Å². The molecule has 1 aromatic carbocycles. The summed E-state index contributed by atoms with van der Waals surface area (Å²) in [6, 6.07) is 7.98. The monoisotopic (exact) mass is 339 g/mol. The van der Waals surface area contributed by atoms with E-state index in [-0.39, 0.29) is 0 Å². The van der Waals surface area contributed by atoms with Crippen molar-refractivity contribution in [1.82, 2.24) is 9.88 Å². The molecule has 0 amide bonds. The van der Waals surface area contributed by atoms with Gasteiger partial charge in [0.05, 0.1) is 5.69 Å². The first-order valence-electron chi connectivity index (χ1n) is 6.70. The van der Waals surface area contributed by atoms with Gasteiger partial charge in [-0.2, -0.15) is 0 Å². The average Bonchev–Trinajstić information content (AvgIpc) is 2.81. The number of nitrogens with two attached hydrogens (primary N) is 1. The lowest BCUT2D eigenvalue weighted by atomic mass is 10.1. The van der Waals surface area contributed by atoms with Crippen molar-refractivity contribution in [2.24, 2.45) is 0 Å². The van der Waals surface area contributed by atoms with Crippen LogP contribution < -0.4 is 5.73 Å². The van der Waals surface area contributed by atoms with Gasteiger partial charge in [0, 0.05) is 24.7 Å². The number of benzene rings is 1. The van der Waals surface area contributed by atoms with Crippen LogP contribution in [0, 0.1) is 0 Å². The average molecular weight is 340 g/mol. The van der Waals surface area contributed by atoms with E-state index < -0.39 is 0 Å². The predicted molar refractivity (Wildman–Crippen MR) is 90.9 cm³/mol. The fourth-order valence-corrected chi connectivity index (χ4v) is 3.60. The topological polar surface area (TPSA) is 42.1 Å². The highest BCUT2D eigenvalue weighted by Gasteiger charge is 2.19. The molecule has 1 aliphatic rings. The van der Waals surface area contributed by atoms with E-state index in [0.717, 1.165) is 42.3 Å². The minimum atomic E-state index is 0.519. The van der Waals surface area contributed by atoms with E-state index in [2.05, 4.69) is 28.1 Å². The summed E-state index contributed by atoms with van der Waals surface area (Å²) in [6.45, 7) is 2.76. The Morgan fingerprint density at radius 2 is 2.00 bits per heavy atom. The Kier molecular flexibility index (Phi) is 4.50. The van der Waals surface area contributed by atoms with Gasteiger partial charge in [0.2, 0.25) is 0 Å². The highest BCUT2D eigenvalue weighted by atomic mass is 35.5. The highest BCUT2D eigenvalue weighted by Crippen LogP contribution is 2.33. The van der Waals surface area contributed by atoms with E-state index in [1.807, 2.05) is 12.1 Å². The maximum absolute atomic E-state index is 6.21. The quantitative estimate of drug-likeness (QED) is 0.905. The summed E-state index contributed by atoms with van der Waals surface area (Å²) in [5.74, 6) is 0. The van der Waals surface area contributed by atoms with Gasteiger partial charge in [-0.3, -0.25) is 4.90 Å². The van der Waals surface area contributed by atoms with Crippen molar-refractivity contribution in [2.45, 2.75) is 13.0 Å². The van der Waals surface area contributed by atoms with Crippen molar-refractivity contribution < 1.29 is 0 Å². The molecule has 0 aliphatic carbocycles. The summed E-state index contributed by atoms with van der Waals surface area (Å²) in [6.07, 6.45) is 3.20. The van der Waals surface area contributed by atoms with Gasteiger partial charge in [-0.25, -0.2) is 4.98 Å². The van der Waals surface area contributed by atoms with E-state index in [4.69, 9.17) is 28.9 Å². The summed E-state index contributed by atoms with van der Waals surface area (Å²) in [7, 11) is 0. The molecule has 2 aromatic rings. The number of nitrogens with zero attached hydrogens (tertiary/aromatic N) is 2. The van der Waals surface area contributed by atoms with Crippen molar-refractivity contribution in [3.05, 3.63) is 51.0 Å². The Balaban J connectivity index is 1.72. The molecule has 0 saturated carbocycles. The molecule has 0 bridgehead atoms. The molecule has 0 fully saturated rings. The van der Waals surface area contributed by atoms with Crippen LogP contribution in [-0.4, -0.2) is 23.0 Å². The molecule has 0 atom stereocenters. The van der Waals surface area contributed by atoms with Crippen LogP contribution in [0.5, 0.6) is 0 Å². The Morgan fingerprint density at radius 3 is 2.67 bits per heavy atom. The Bertz CT molecular complexity index is 664. The number of halogens is 2. The molecule has 6 heteroatoms. The first-order chi connectivity index (χ1) is 10.1. The Labute approximate surface area is 138 Å². The van der Waals surface area contributed by atoms with Gasteiger partial charge in [-0.05, 0) is 29.7 Å². The molecule has 21 heavy (non-hydrogen) atoms. The van der Waals surface area contributed by atoms with Gasteiger partial charge < -0.3 is 5.73 Å². The molecule has 0 saturated heterocycles. The van der Waals surface area contributed by atoms with Gasteiger partial charge in [0.25, 0.3) is 0 Å². The van der Waals surface area contributed by atoms with Gasteiger partial charge in [0.1, 0.15) is 4.34 Å². The molecule has 110 valence electrons. The first kappa shape index (κ1) is 14.9. The molecule has 3 rings (SSSR count). The number of nitrogen functional groups attached to an aromatic ring is 1. The van der Waals surface area contributed by atoms with Crippen molar-refractivity contribution in [1.29, 1.82) is 0 Å². The zero-order valence-electron chi connectivity index (χ0n) is 11.4.